The molecular weight excluding hydrogens is 348 g/mol. The van der Waals surface area contributed by atoms with Gasteiger partial charge in [-0.2, -0.15) is 0 Å². The molecule has 122 valence electrons. The summed E-state index contributed by atoms with van der Waals surface area (Å²) in [5.74, 6) is -1.35. The second-order valence-corrected chi connectivity index (χ2v) is 6.39. The van der Waals surface area contributed by atoms with Gasteiger partial charge in [0.15, 0.2) is 0 Å². The highest BCUT2D eigenvalue weighted by molar-refractivity contribution is 7.13. The van der Waals surface area contributed by atoms with Crippen molar-refractivity contribution in [3.05, 3.63) is 57.8 Å². The van der Waals surface area contributed by atoms with Crippen molar-refractivity contribution in [2.45, 2.75) is 13.8 Å². The van der Waals surface area contributed by atoms with E-state index in [1.54, 1.807) is 25.1 Å². The summed E-state index contributed by atoms with van der Waals surface area (Å²) in [6.07, 6.45) is 0. The van der Waals surface area contributed by atoms with Crippen LogP contribution >= 0.6 is 22.9 Å². The lowest BCUT2D eigenvalue weighted by atomic mass is 10.1. The molecule has 2 aromatic heterocycles. The van der Waals surface area contributed by atoms with E-state index in [4.69, 9.17) is 11.6 Å². The summed E-state index contributed by atoms with van der Waals surface area (Å²) in [6.45, 7) is 3.67. The van der Waals surface area contributed by atoms with Crippen LogP contribution in [-0.2, 0) is 4.79 Å². The lowest BCUT2D eigenvalue weighted by molar-refractivity contribution is -0.112. The minimum atomic E-state index is -0.733. The van der Waals surface area contributed by atoms with Crippen LogP contribution < -0.4 is 5.32 Å². The number of nitrogens with one attached hydrogen (secondary N) is 1. The maximum absolute atomic E-state index is 12.5. The first-order valence-corrected chi connectivity index (χ1v) is 8.30. The van der Waals surface area contributed by atoms with E-state index in [0.29, 0.717) is 21.4 Å². The molecule has 2 heterocycles. The molecule has 3 rings (SSSR count). The molecule has 0 radical (unpaired) electrons. The van der Waals surface area contributed by atoms with Crippen LogP contribution in [0.5, 0.6) is 0 Å². The third-order valence-corrected chi connectivity index (χ3v) is 4.41. The number of halogens is 1. The normalized spacial score (nSPS) is 10.6. The third-order valence-electron chi connectivity index (χ3n) is 3.55. The highest BCUT2D eigenvalue weighted by Crippen LogP contribution is 2.23. The second-order valence-electron chi connectivity index (χ2n) is 5.12. The summed E-state index contributed by atoms with van der Waals surface area (Å²) < 4.78 is 1.90. The molecular formula is C16H13ClN4O2S. The van der Waals surface area contributed by atoms with Crippen LogP contribution in [0.3, 0.4) is 0 Å². The highest BCUT2D eigenvalue weighted by atomic mass is 35.5. The average molecular weight is 361 g/mol. The summed E-state index contributed by atoms with van der Waals surface area (Å²) in [6, 6.07) is 8.97. The van der Waals surface area contributed by atoms with Gasteiger partial charge in [0.2, 0.25) is 5.13 Å². The Labute approximate surface area is 147 Å². The largest absolute Gasteiger partial charge is 0.318 e. The summed E-state index contributed by atoms with van der Waals surface area (Å²) in [7, 11) is 0. The van der Waals surface area contributed by atoms with Gasteiger partial charge >= 0.3 is 0 Å². The fraction of sp³-hybridized carbons (Fsp3) is 0.125. The molecule has 0 atom stereocenters. The molecule has 0 unspecified atom stereocenters. The van der Waals surface area contributed by atoms with Crippen LogP contribution in [0.2, 0.25) is 5.02 Å². The summed E-state index contributed by atoms with van der Waals surface area (Å²) in [4.78, 5) is 24.6. The second kappa shape index (κ2) is 6.54. The number of rotatable bonds is 4. The van der Waals surface area contributed by atoms with E-state index in [1.807, 2.05) is 23.6 Å². The number of Topliss-reactive ketones (excluding diaryl/α,β-unsaturated/α-hetero) is 1. The number of carbonyl (C=O) groups is 2. The number of benzene rings is 1. The number of aromatic nitrogens is 3. The van der Waals surface area contributed by atoms with Crippen molar-refractivity contribution in [2.75, 3.05) is 5.32 Å². The van der Waals surface area contributed by atoms with E-state index in [9.17, 15) is 9.59 Å². The van der Waals surface area contributed by atoms with Crippen molar-refractivity contribution in [2.24, 2.45) is 0 Å². The van der Waals surface area contributed by atoms with E-state index >= 15 is 0 Å². The van der Waals surface area contributed by atoms with Gasteiger partial charge in [-0.3, -0.25) is 14.9 Å². The van der Waals surface area contributed by atoms with Gasteiger partial charge in [-0.15, -0.1) is 10.2 Å². The third kappa shape index (κ3) is 3.08. The molecule has 0 fully saturated rings. The Hall–Kier alpha value is -2.51. The van der Waals surface area contributed by atoms with Gasteiger partial charge < -0.3 is 4.57 Å². The molecule has 0 bridgehead atoms. The molecule has 1 aromatic carbocycles. The van der Waals surface area contributed by atoms with Crippen LogP contribution in [0.4, 0.5) is 5.13 Å². The number of hydrogen-bond donors (Lipinski definition) is 1. The quantitative estimate of drug-likeness (QED) is 0.571. The van der Waals surface area contributed by atoms with E-state index in [1.165, 1.54) is 5.51 Å². The Morgan fingerprint density at radius 1 is 1.21 bits per heavy atom. The Morgan fingerprint density at radius 3 is 2.54 bits per heavy atom. The fourth-order valence-electron chi connectivity index (χ4n) is 2.48. The predicted molar refractivity (Wildman–Crippen MR) is 93.1 cm³/mol. The number of aryl methyl sites for hydroxylation is 1. The molecule has 0 saturated carbocycles. The average Bonchev–Trinajstić information content (AvgIpc) is 3.16. The van der Waals surface area contributed by atoms with Gasteiger partial charge in [0.05, 0.1) is 0 Å². The van der Waals surface area contributed by atoms with Crippen molar-refractivity contribution >= 4 is 39.8 Å². The molecule has 3 aromatic rings. The first-order valence-electron chi connectivity index (χ1n) is 7.04. The Kier molecular flexibility index (Phi) is 4.46. The van der Waals surface area contributed by atoms with Crippen molar-refractivity contribution in [3.63, 3.8) is 0 Å². The van der Waals surface area contributed by atoms with Crippen molar-refractivity contribution in [3.8, 4) is 5.69 Å². The van der Waals surface area contributed by atoms with Crippen molar-refractivity contribution in [1.29, 1.82) is 0 Å². The number of hydrogen-bond acceptors (Lipinski definition) is 5. The molecule has 24 heavy (non-hydrogen) atoms. The van der Waals surface area contributed by atoms with Crippen molar-refractivity contribution < 1.29 is 9.59 Å². The zero-order valence-corrected chi connectivity index (χ0v) is 14.5. The Balaban J connectivity index is 1.92. The SMILES string of the molecule is Cc1cc(C(=O)C(=O)Nc2nncs2)c(C)n1-c1ccc(Cl)cc1. The molecule has 8 heteroatoms. The van der Waals surface area contributed by atoms with E-state index in [0.717, 1.165) is 22.7 Å². The molecule has 0 aliphatic rings. The molecule has 0 aliphatic carbocycles. The fourth-order valence-corrected chi connectivity index (χ4v) is 3.05. The van der Waals surface area contributed by atoms with E-state index in [2.05, 4.69) is 15.5 Å². The number of nitrogens with zero attached hydrogens (tertiary/aromatic N) is 3. The van der Waals surface area contributed by atoms with Crippen LogP contribution in [0.1, 0.15) is 21.7 Å². The van der Waals surface area contributed by atoms with Crippen LogP contribution in [-0.4, -0.2) is 26.5 Å². The lowest BCUT2D eigenvalue weighted by Crippen LogP contribution is -2.23. The van der Waals surface area contributed by atoms with Crippen LogP contribution in [0.25, 0.3) is 5.69 Å². The topological polar surface area (TPSA) is 76.9 Å². The maximum Gasteiger partial charge on any atom is 0.298 e. The summed E-state index contributed by atoms with van der Waals surface area (Å²) in [5, 5.41) is 10.7. The highest BCUT2D eigenvalue weighted by Gasteiger charge is 2.23. The zero-order chi connectivity index (χ0) is 17.3. The maximum atomic E-state index is 12.5. The standard InChI is InChI=1S/C16H13ClN4O2S/c1-9-7-13(14(22)15(23)19-16-20-18-8-24-16)10(2)21(9)12-5-3-11(17)4-6-12/h3-8H,1-2H3,(H,19,20,23). The van der Waals surface area contributed by atoms with Crippen LogP contribution in [0, 0.1) is 13.8 Å². The first-order chi connectivity index (χ1) is 11.5. The minimum Gasteiger partial charge on any atom is -0.318 e. The summed E-state index contributed by atoms with van der Waals surface area (Å²) >= 11 is 7.07. The van der Waals surface area contributed by atoms with Gasteiger partial charge in [-0.1, -0.05) is 22.9 Å². The molecule has 0 saturated heterocycles. The number of anilines is 1. The van der Waals surface area contributed by atoms with E-state index in [-0.39, 0.29) is 0 Å². The number of ketones is 1. The van der Waals surface area contributed by atoms with Gasteiger partial charge in [0.1, 0.15) is 5.51 Å². The Bertz CT molecular complexity index is 901. The van der Waals surface area contributed by atoms with Gasteiger partial charge in [-0.25, -0.2) is 0 Å². The lowest BCUT2D eigenvalue weighted by Gasteiger charge is -2.09. The van der Waals surface area contributed by atoms with Crippen molar-refractivity contribution in [1.82, 2.24) is 14.8 Å². The predicted octanol–water partition coefficient (Wildman–Crippen LogP) is 3.42. The smallest absolute Gasteiger partial charge is 0.298 e. The first kappa shape index (κ1) is 16.4. The Morgan fingerprint density at radius 2 is 1.92 bits per heavy atom. The monoisotopic (exact) mass is 360 g/mol. The van der Waals surface area contributed by atoms with Gasteiger partial charge in [0.25, 0.3) is 11.7 Å². The van der Waals surface area contributed by atoms with Crippen LogP contribution in [0.15, 0.2) is 35.8 Å². The number of amides is 1. The van der Waals surface area contributed by atoms with Gasteiger partial charge in [-0.05, 0) is 44.2 Å². The number of carbonyl (C=O) groups excluding carboxylic acids is 2. The zero-order valence-electron chi connectivity index (χ0n) is 12.9. The van der Waals surface area contributed by atoms with E-state index < -0.39 is 11.7 Å². The molecule has 0 spiro atoms. The summed E-state index contributed by atoms with van der Waals surface area (Å²) in [5.41, 5.74) is 4.24. The van der Waals surface area contributed by atoms with Gasteiger partial charge in [0, 0.05) is 27.7 Å². The molecule has 1 N–H and O–H groups in total. The molecule has 6 nitrogen and oxygen atoms in total. The molecule has 0 aliphatic heterocycles. The molecule has 1 amide bonds. The minimum absolute atomic E-state index is 0.292.